The van der Waals surface area contributed by atoms with Gasteiger partial charge in [0.15, 0.2) is 0 Å². The Balaban J connectivity index is 1.78. The van der Waals surface area contributed by atoms with Gasteiger partial charge in [-0.2, -0.15) is 11.8 Å². The lowest BCUT2D eigenvalue weighted by Crippen LogP contribution is -2.24. The number of carbonyl (C=O) groups excluding carboxylic acids is 1. The van der Waals surface area contributed by atoms with E-state index in [0.717, 1.165) is 31.4 Å². The summed E-state index contributed by atoms with van der Waals surface area (Å²) in [6, 6.07) is 0. The number of carbonyl (C=O) groups is 1. The number of aliphatic hydroxyl groups excluding tert-OH is 2. The van der Waals surface area contributed by atoms with Gasteiger partial charge in [0.05, 0.1) is 12.0 Å². The van der Waals surface area contributed by atoms with Gasteiger partial charge in [0.25, 0.3) is 0 Å². The zero-order valence-electron chi connectivity index (χ0n) is 18.0. The Morgan fingerprint density at radius 2 is 1.93 bits per heavy atom. The van der Waals surface area contributed by atoms with Crippen LogP contribution >= 0.6 is 23.4 Å². The lowest BCUT2D eigenvalue weighted by atomic mass is 9.85. The monoisotopic (exact) mass is 444 g/mol. The first kappa shape index (κ1) is 24.9. The van der Waals surface area contributed by atoms with Crippen molar-refractivity contribution >= 4 is 29.3 Å². The molecule has 2 aliphatic rings. The number of hydrogen-bond acceptors (Lipinski definition) is 5. The number of thioether (sulfide) groups is 1. The Morgan fingerprint density at radius 1 is 1.24 bits per heavy atom. The van der Waals surface area contributed by atoms with E-state index in [9.17, 15) is 15.0 Å². The van der Waals surface area contributed by atoms with Crippen LogP contribution in [-0.4, -0.2) is 50.4 Å². The molecule has 2 N–H and O–H groups in total. The first-order valence-electron chi connectivity index (χ1n) is 11.0. The van der Waals surface area contributed by atoms with Gasteiger partial charge >= 0.3 is 5.97 Å². The Labute approximate surface area is 185 Å². The minimum atomic E-state index is -0.601. The lowest BCUT2D eigenvalue weighted by Gasteiger charge is -2.23. The van der Waals surface area contributed by atoms with Crippen LogP contribution in [0.5, 0.6) is 0 Å². The number of esters is 1. The van der Waals surface area contributed by atoms with Crippen molar-refractivity contribution in [3.05, 3.63) is 0 Å². The highest BCUT2D eigenvalue weighted by molar-refractivity contribution is 8.00. The average molecular weight is 445 g/mol. The third-order valence-corrected chi connectivity index (χ3v) is 7.72. The van der Waals surface area contributed by atoms with Gasteiger partial charge in [-0.1, -0.05) is 31.1 Å². The van der Waals surface area contributed by atoms with Crippen molar-refractivity contribution in [2.75, 3.05) is 5.75 Å². The van der Waals surface area contributed by atoms with Gasteiger partial charge in [0, 0.05) is 17.0 Å². The smallest absolute Gasteiger partial charge is 0.306 e. The third kappa shape index (κ3) is 8.69. The van der Waals surface area contributed by atoms with Gasteiger partial charge in [-0.25, -0.2) is 0 Å². The molecular weight excluding hydrogens is 408 g/mol. The van der Waals surface area contributed by atoms with Crippen molar-refractivity contribution in [1.29, 1.82) is 0 Å². The number of hydrogen-bond donors (Lipinski definition) is 2. The maximum absolute atomic E-state index is 11.8. The number of unbranched alkanes of at least 4 members (excludes halogenated alkanes) is 1. The van der Waals surface area contributed by atoms with Crippen molar-refractivity contribution in [1.82, 2.24) is 0 Å². The SMILES string of the molecule is CC(C)(C)OC(=O)CCCCS[C@@H]1[C@@H](C#C[C@@H](O)C2CCCCC2)[C@H](O)C[C@H]1Cl. The second kappa shape index (κ2) is 11.8. The zero-order valence-corrected chi connectivity index (χ0v) is 19.6. The molecule has 0 aromatic heterocycles. The summed E-state index contributed by atoms with van der Waals surface area (Å²) < 4.78 is 5.33. The maximum atomic E-state index is 11.8. The third-order valence-electron chi connectivity index (χ3n) is 5.59. The number of halogens is 1. The molecule has 2 fully saturated rings. The van der Waals surface area contributed by atoms with E-state index in [0.29, 0.717) is 12.8 Å². The summed E-state index contributed by atoms with van der Waals surface area (Å²) in [5.41, 5.74) is -0.439. The molecule has 0 aliphatic heterocycles. The molecule has 0 unspecified atom stereocenters. The highest BCUT2D eigenvalue weighted by atomic mass is 35.5. The largest absolute Gasteiger partial charge is 0.460 e. The van der Waals surface area contributed by atoms with E-state index in [1.54, 1.807) is 11.8 Å². The molecular formula is C23H37ClO4S. The predicted octanol–water partition coefficient (Wildman–Crippen LogP) is 4.53. The van der Waals surface area contributed by atoms with E-state index in [4.69, 9.17) is 16.3 Å². The summed E-state index contributed by atoms with van der Waals surface area (Å²) in [6.07, 6.45) is 7.15. The van der Waals surface area contributed by atoms with E-state index in [-0.39, 0.29) is 28.4 Å². The summed E-state index contributed by atoms with van der Waals surface area (Å²) in [5.74, 6) is 6.96. The predicted molar refractivity (Wildman–Crippen MR) is 120 cm³/mol. The Hall–Kier alpha value is -0.410. The number of alkyl halides is 1. The highest BCUT2D eigenvalue weighted by Crippen LogP contribution is 2.39. The van der Waals surface area contributed by atoms with Crippen LogP contribution in [0.15, 0.2) is 0 Å². The van der Waals surface area contributed by atoms with E-state index in [1.807, 2.05) is 20.8 Å². The molecule has 0 spiro atoms. The molecule has 2 saturated carbocycles. The van der Waals surface area contributed by atoms with Crippen LogP contribution < -0.4 is 0 Å². The molecule has 4 nitrogen and oxygen atoms in total. The average Bonchev–Trinajstić information content (AvgIpc) is 2.91. The molecule has 166 valence electrons. The topological polar surface area (TPSA) is 66.8 Å². The van der Waals surface area contributed by atoms with Gasteiger partial charge in [-0.05, 0) is 64.5 Å². The highest BCUT2D eigenvalue weighted by Gasteiger charge is 2.41. The second-order valence-corrected chi connectivity index (χ2v) is 11.2. The van der Waals surface area contributed by atoms with E-state index >= 15 is 0 Å². The van der Waals surface area contributed by atoms with Gasteiger partial charge in [-0.15, -0.1) is 11.6 Å². The molecule has 0 aromatic carbocycles. The summed E-state index contributed by atoms with van der Waals surface area (Å²) in [6.45, 7) is 5.62. The molecule has 2 rings (SSSR count). The van der Waals surface area contributed by atoms with Crippen molar-refractivity contribution < 1.29 is 19.7 Å². The minimum Gasteiger partial charge on any atom is -0.460 e. The molecule has 0 radical (unpaired) electrons. The fourth-order valence-electron chi connectivity index (χ4n) is 4.07. The summed E-state index contributed by atoms with van der Waals surface area (Å²) in [4.78, 5) is 11.8. The zero-order chi connectivity index (χ0) is 21.4. The van der Waals surface area contributed by atoms with Crippen LogP contribution in [0.1, 0.15) is 78.6 Å². The van der Waals surface area contributed by atoms with Gasteiger partial charge in [0.1, 0.15) is 11.7 Å². The maximum Gasteiger partial charge on any atom is 0.306 e. The quantitative estimate of drug-likeness (QED) is 0.261. The first-order chi connectivity index (χ1) is 13.7. The Kier molecular flexibility index (Phi) is 10.1. The van der Waals surface area contributed by atoms with Crippen molar-refractivity contribution in [2.24, 2.45) is 11.8 Å². The fourth-order valence-corrected chi connectivity index (χ4v) is 6.05. The Morgan fingerprint density at radius 3 is 2.59 bits per heavy atom. The van der Waals surface area contributed by atoms with Gasteiger partial charge in [-0.3, -0.25) is 4.79 Å². The molecule has 0 bridgehead atoms. The van der Waals surface area contributed by atoms with E-state index < -0.39 is 17.8 Å². The normalized spacial score (nSPS) is 29.2. The standard InChI is InChI=1S/C23H37ClO4S/c1-23(2,3)28-21(27)11-7-8-14-29-22-17(20(26)15-18(22)24)12-13-19(25)16-9-5-4-6-10-16/h16-20,22,25-26H,4-11,14-15H2,1-3H3/t17-,18+,19+,20+,22+/m0/s1. The van der Waals surface area contributed by atoms with Crippen LogP contribution in [0, 0.1) is 23.7 Å². The number of ether oxygens (including phenoxy) is 1. The Bertz CT molecular complexity index is 574. The molecule has 0 aromatic rings. The van der Waals surface area contributed by atoms with Gasteiger partial charge < -0.3 is 14.9 Å². The van der Waals surface area contributed by atoms with Crippen LogP contribution in [0.2, 0.25) is 0 Å². The van der Waals surface area contributed by atoms with Crippen LogP contribution in [-0.2, 0) is 9.53 Å². The van der Waals surface area contributed by atoms with E-state index in [2.05, 4.69) is 11.8 Å². The van der Waals surface area contributed by atoms with Crippen molar-refractivity contribution in [3.8, 4) is 11.8 Å². The number of rotatable bonds is 7. The summed E-state index contributed by atoms with van der Waals surface area (Å²) in [7, 11) is 0. The fraction of sp³-hybridized carbons (Fsp3) is 0.870. The molecule has 29 heavy (non-hydrogen) atoms. The van der Waals surface area contributed by atoms with Crippen molar-refractivity contribution in [3.63, 3.8) is 0 Å². The molecule has 0 heterocycles. The molecule has 6 heteroatoms. The first-order valence-corrected chi connectivity index (χ1v) is 12.5. The summed E-state index contributed by atoms with van der Waals surface area (Å²) >= 11 is 8.21. The van der Waals surface area contributed by atoms with Gasteiger partial charge in [0.2, 0.25) is 0 Å². The molecule has 0 saturated heterocycles. The van der Waals surface area contributed by atoms with Crippen LogP contribution in [0.25, 0.3) is 0 Å². The second-order valence-electron chi connectivity index (χ2n) is 9.36. The molecule has 0 amide bonds. The minimum absolute atomic E-state index is 0.0549. The lowest BCUT2D eigenvalue weighted by molar-refractivity contribution is -0.154. The molecule has 2 aliphatic carbocycles. The van der Waals surface area contributed by atoms with Crippen LogP contribution in [0.3, 0.4) is 0 Å². The van der Waals surface area contributed by atoms with Crippen LogP contribution in [0.4, 0.5) is 0 Å². The van der Waals surface area contributed by atoms with Crippen molar-refractivity contribution in [2.45, 2.75) is 107 Å². The summed E-state index contributed by atoms with van der Waals surface area (Å²) in [5, 5.41) is 20.7. The molecule has 5 atom stereocenters. The number of aliphatic hydroxyl groups is 2. The van der Waals surface area contributed by atoms with E-state index in [1.165, 1.54) is 19.3 Å².